The van der Waals surface area contributed by atoms with Crippen LogP contribution in [0.15, 0.2) is 65.7 Å². The van der Waals surface area contributed by atoms with Crippen molar-refractivity contribution in [3.05, 3.63) is 77.4 Å². The minimum atomic E-state index is -0.0968. The molecule has 1 aromatic heterocycles. The summed E-state index contributed by atoms with van der Waals surface area (Å²) in [5.74, 6) is 3.40. The molecular formula is C27H30N6O2. The summed E-state index contributed by atoms with van der Waals surface area (Å²) < 4.78 is 11.2. The molecule has 0 bridgehead atoms. The van der Waals surface area contributed by atoms with Crippen molar-refractivity contribution in [2.24, 2.45) is 4.99 Å². The van der Waals surface area contributed by atoms with E-state index >= 15 is 0 Å². The largest absolute Gasteiger partial charge is 0.378 e. The lowest BCUT2D eigenvalue weighted by Crippen LogP contribution is -2.41. The molecule has 4 heterocycles. The molecule has 8 heteroatoms. The summed E-state index contributed by atoms with van der Waals surface area (Å²) in [6, 6.07) is 20.7. The monoisotopic (exact) mass is 470 g/mol. The molecule has 3 aromatic rings. The quantitative estimate of drug-likeness (QED) is 0.613. The van der Waals surface area contributed by atoms with Gasteiger partial charge in [-0.15, -0.1) is 0 Å². The van der Waals surface area contributed by atoms with Crippen molar-refractivity contribution in [3.8, 4) is 0 Å². The first-order valence-corrected chi connectivity index (χ1v) is 12.4. The molecule has 8 nitrogen and oxygen atoms in total. The Kier molecular flexibility index (Phi) is 6.30. The van der Waals surface area contributed by atoms with Crippen molar-refractivity contribution >= 4 is 23.4 Å². The fourth-order valence-electron chi connectivity index (χ4n) is 4.86. The van der Waals surface area contributed by atoms with Crippen molar-refractivity contribution in [1.82, 2.24) is 9.97 Å². The molecule has 1 N–H and O–H groups in total. The van der Waals surface area contributed by atoms with Crippen LogP contribution >= 0.6 is 0 Å². The zero-order valence-corrected chi connectivity index (χ0v) is 19.8. The summed E-state index contributed by atoms with van der Waals surface area (Å²) in [5.41, 5.74) is 3.36. The van der Waals surface area contributed by atoms with Gasteiger partial charge in [0.25, 0.3) is 0 Å². The van der Waals surface area contributed by atoms with E-state index in [0.717, 1.165) is 67.1 Å². The molecule has 3 aliphatic heterocycles. The molecule has 0 radical (unpaired) electrons. The Morgan fingerprint density at radius 1 is 0.771 bits per heavy atom. The second kappa shape index (κ2) is 10.0. The number of morpholine rings is 2. The topological polar surface area (TPSA) is 75.1 Å². The van der Waals surface area contributed by atoms with Crippen LogP contribution in [-0.2, 0) is 15.9 Å². The van der Waals surface area contributed by atoms with E-state index < -0.39 is 0 Å². The summed E-state index contributed by atoms with van der Waals surface area (Å²) in [7, 11) is 0. The normalized spacial score (nSPS) is 20.1. The maximum atomic E-state index is 5.65. The van der Waals surface area contributed by atoms with Crippen molar-refractivity contribution < 1.29 is 9.47 Å². The van der Waals surface area contributed by atoms with E-state index in [-0.39, 0.29) is 6.04 Å². The Hall–Kier alpha value is -3.49. The number of aliphatic imine (C=N–C) groups is 1. The zero-order chi connectivity index (χ0) is 23.5. The fourth-order valence-corrected chi connectivity index (χ4v) is 4.86. The van der Waals surface area contributed by atoms with Gasteiger partial charge in [-0.2, -0.15) is 9.97 Å². The standard InChI is InChI=1S/C27H30N6O2/c1-3-7-20(8-4-1)19-22-23-25(29-24(28-22)21-9-5-2-6-10-21)30-27(33-13-17-35-18-14-33)31-26(23)32-11-15-34-16-12-32/h1-10,22H,11-19H2,(H,28,29,30,31). The highest BCUT2D eigenvalue weighted by Crippen LogP contribution is 2.40. The Morgan fingerprint density at radius 3 is 2.09 bits per heavy atom. The molecule has 2 fully saturated rings. The van der Waals surface area contributed by atoms with Gasteiger partial charge in [0.1, 0.15) is 17.5 Å². The van der Waals surface area contributed by atoms with Crippen LogP contribution in [0.4, 0.5) is 17.6 Å². The first-order chi connectivity index (χ1) is 17.3. The number of amidine groups is 1. The van der Waals surface area contributed by atoms with Gasteiger partial charge in [0.15, 0.2) is 0 Å². The number of nitrogens with zero attached hydrogens (tertiary/aromatic N) is 5. The summed E-state index contributed by atoms with van der Waals surface area (Å²) in [6.07, 6.45) is 0.781. The predicted molar refractivity (Wildman–Crippen MR) is 138 cm³/mol. The van der Waals surface area contributed by atoms with Gasteiger partial charge in [0.2, 0.25) is 5.95 Å². The number of hydrogen-bond acceptors (Lipinski definition) is 8. The predicted octanol–water partition coefficient (Wildman–Crippen LogP) is 3.31. The summed E-state index contributed by atoms with van der Waals surface area (Å²) >= 11 is 0. The molecule has 3 aliphatic rings. The van der Waals surface area contributed by atoms with Crippen LogP contribution in [0.1, 0.15) is 22.7 Å². The van der Waals surface area contributed by atoms with Crippen LogP contribution in [0.2, 0.25) is 0 Å². The number of ether oxygens (including phenoxy) is 2. The Balaban J connectivity index is 1.47. The summed E-state index contributed by atoms with van der Waals surface area (Å²) in [4.78, 5) is 20.0. The molecule has 0 saturated carbocycles. The van der Waals surface area contributed by atoms with Crippen molar-refractivity contribution in [3.63, 3.8) is 0 Å². The van der Waals surface area contributed by atoms with Crippen LogP contribution < -0.4 is 15.1 Å². The summed E-state index contributed by atoms with van der Waals surface area (Å²) in [6.45, 7) is 5.95. The molecule has 0 spiro atoms. The number of aromatic nitrogens is 2. The van der Waals surface area contributed by atoms with Gasteiger partial charge in [0, 0.05) is 31.7 Å². The highest BCUT2D eigenvalue weighted by atomic mass is 16.5. The molecule has 2 saturated heterocycles. The Labute approximate surface area is 205 Å². The number of benzene rings is 2. The average Bonchev–Trinajstić information content (AvgIpc) is 2.94. The number of rotatable bonds is 5. The van der Waals surface area contributed by atoms with Crippen LogP contribution in [0.3, 0.4) is 0 Å². The smallest absolute Gasteiger partial charge is 0.229 e. The van der Waals surface area contributed by atoms with E-state index in [9.17, 15) is 0 Å². The van der Waals surface area contributed by atoms with Gasteiger partial charge >= 0.3 is 0 Å². The first kappa shape index (κ1) is 22.0. The number of nitrogens with one attached hydrogen (secondary N) is 1. The van der Waals surface area contributed by atoms with E-state index in [2.05, 4.69) is 57.6 Å². The van der Waals surface area contributed by atoms with Gasteiger partial charge in [0.05, 0.1) is 38.0 Å². The molecule has 0 amide bonds. The zero-order valence-electron chi connectivity index (χ0n) is 19.8. The van der Waals surface area contributed by atoms with Gasteiger partial charge in [-0.05, 0) is 12.0 Å². The second-order valence-corrected chi connectivity index (χ2v) is 8.98. The molecule has 1 atom stereocenters. The lowest BCUT2D eigenvalue weighted by Gasteiger charge is -2.35. The third-order valence-electron chi connectivity index (χ3n) is 6.69. The third kappa shape index (κ3) is 4.72. The van der Waals surface area contributed by atoms with Gasteiger partial charge < -0.3 is 24.6 Å². The summed E-state index contributed by atoms with van der Waals surface area (Å²) in [5, 5.41) is 3.57. The Morgan fingerprint density at radius 2 is 1.40 bits per heavy atom. The Bertz CT molecular complexity index is 1180. The lowest BCUT2D eigenvalue weighted by molar-refractivity contribution is 0.121. The lowest BCUT2D eigenvalue weighted by atomic mass is 9.97. The number of hydrogen-bond donors (Lipinski definition) is 1. The van der Waals surface area contributed by atoms with E-state index in [0.29, 0.717) is 26.4 Å². The molecule has 35 heavy (non-hydrogen) atoms. The molecular weight excluding hydrogens is 440 g/mol. The molecule has 2 aromatic carbocycles. The van der Waals surface area contributed by atoms with Crippen molar-refractivity contribution in [1.29, 1.82) is 0 Å². The van der Waals surface area contributed by atoms with Gasteiger partial charge in [-0.25, -0.2) is 0 Å². The average molecular weight is 471 g/mol. The van der Waals surface area contributed by atoms with Gasteiger partial charge in [-0.3, -0.25) is 4.99 Å². The first-order valence-electron chi connectivity index (χ1n) is 12.4. The highest BCUT2D eigenvalue weighted by molar-refractivity contribution is 6.09. The van der Waals surface area contributed by atoms with E-state index in [4.69, 9.17) is 24.4 Å². The second-order valence-electron chi connectivity index (χ2n) is 8.98. The fraction of sp³-hybridized carbons (Fsp3) is 0.370. The molecule has 0 aliphatic carbocycles. The maximum absolute atomic E-state index is 5.65. The highest BCUT2D eigenvalue weighted by Gasteiger charge is 2.32. The van der Waals surface area contributed by atoms with Crippen LogP contribution in [0.25, 0.3) is 0 Å². The van der Waals surface area contributed by atoms with Gasteiger partial charge in [-0.1, -0.05) is 60.7 Å². The molecule has 6 rings (SSSR count). The van der Waals surface area contributed by atoms with E-state index in [1.54, 1.807) is 0 Å². The third-order valence-corrected chi connectivity index (χ3v) is 6.69. The van der Waals surface area contributed by atoms with Crippen LogP contribution in [0.5, 0.6) is 0 Å². The van der Waals surface area contributed by atoms with Crippen LogP contribution in [-0.4, -0.2) is 68.4 Å². The van der Waals surface area contributed by atoms with E-state index in [1.807, 2.05) is 18.2 Å². The minimum absolute atomic E-state index is 0.0968. The number of fused-ring (bicyclic) bond motifs is 1. The number of anilines is 3. The maximum Gasteiger partial charge on any atom is 0.229 e. The SMILES string of the molecule is c1ccc(CC2N=C(c3ccccc3)Nc3nc(N4CCOCC4)nc(N4CCOCC4)c32)cc1. The molecule has 1 unspecified atom stereocenters. The van der Waals surface area contributed by atoms with Crippen molar-refractivity contribution in [2.75, 3.05) is 67.7 Å². The van der Waals surface area contributed by atoms with E-state index in [1.165, 1.54) is 5.56 Å². The van der Waals surface area contributed by atoms with Crippen molar-refractivity contribution in [2.45, 2.75) is 12.5 Å². The molecule has 180 valence electrons. The minimum Gasteiger partial charge on any atom is -0.378 e. The van der Waals surface area contributed by atoms with Crippen LogP contribution in [0, 0.1) is 0 Å².